The van der Waals surface area contributed by atoms with Crippen molar-refractivity contribution in [2.45, 2.75) is 13.8 Å². The fourth-order valence-electron chi connectivity index (χ4n) is 1.74. The van der Waals surface area contributed by atoms with E-state index in [1.165, 1.54) is 0 Å². The van der Waals surface area contributed by atoms with Crippen LogP contribution < -0.4 is 11.1 Å². The highest BCUT2D eigenvalue weighted by Crippen LogP contribution is 2.21. The zero-order valence-electron chi connectivity index (χ0n) is 10.0. The van der Waals surface area contributed by atoms with Crippen LogP contribution in [0.25, 0.3) is 0 Å². The molecule has 1 amide bonds. The Morgan fingerprint density at radius 1 is 1.39 bits per heavy atom. The summed E-state index contributed by atoms with van der Waals surface area (Å²) in [5.41, 5.74) is 8.44. The number of carbonyl (C=O) groups excluding carboxylic acids is 1. The van der Waals surface area contributed by atoms with Gasteiger partial charge in [0, 0.05) is 15.9 Å². The third-order valence-corrected chi connectivity index (χ3v) is 2.96. The highest BCUT2D eigenvalue weighted by atomic mass is 79.9. The third kappa shape index (κ3) is 2.53. The summed E-state index contributed by atoms with van der Waals surface area (Å²) in [5, 5.41) is 9.28. The number of carbonyl (C=O) groups is 1. The van der Waals surface area contributed by atoms with Gasteiger partial charge >= 0.3 is 0 Å². The number of nitrogens with two attached hydrogens (primary N) is 1. The fourth-order valence-corrected chi connectivity index (χ4v) is 2.34. The molecule has 2 rings (SSSR count). The molecule has 0 aliphatic rings. The van der Waals surface area contributed by atoms with Crippen LogP contribution in [0.1, 0.15) is 21.6 Å². The smallest absolute Gasteiger partial charge is 0.261 e. The topological polar surface area (TPSA) is 83.8 Å². The maximum atomic E-state index is 12.1. The van der Waals surface area contributed by atoms with E-state index in [1.807, 2.05) is 25.1 Å². The van der Waals surface area contributed by atoms with Crippen molar-refractivity contribution in [3.63, 3.8) is 0 Å². The van der Waals surface area contributed by atoms with Gasteiger partial charge in [-0.05, 0) is 37.6 Å². The average Bonchev–Trinajstić information content (AvgIpc) is 2.56. The zero-order chi connectivity index (χ0) is 13.3. The Hall–Kier alpha value is -1.82. The van der Waals surface area contributed by atoms with Crippen molar-refractivity contribution in [2.24, 2.45) is 0 Å². The molecule has 0 atom stereocenters. The molecule has 94 valence electrons. The van der Waals surface area contributed by atoms with Crippen molar-refractivity contribution in [1.29, 1.82) is 0 Å². The SMILES string of the molecule is Cc1cc(Br)cc(NC(=O)c2c(N)n[nH]c2C)c1. The molecule has 0 aliphatic carbocycles. The number of hydrogen-bond acceptors (Lipinski definition) is 3. The molecule has 0 fully saturated rings. The minimum Gasteiger partial charge on any atom is -0.382 e. The van der Waals surface area contributed by atoms with Crippen molar-refractivity contribution in [3.8, 4) is 0 Å². The number of amides is 1. The first kappa shape index (κ1) is 12.6. The zero-order valence-corrected chi connectivity index (χ0v) is 11.6. The summed E-state index contributed by atoms with van der Waals surface area (Å²) in [6, 6.07) is 5.68. The summed E-state index contributed by atoms with van der Waals surface area (Å²) in [7, 11) is 0. The molecule has 0 saturated carbocycles. The molecule has 18 heavy (non-hydrogen) atoms. The lowest BCUT2D eigenvalue weighted by Gasteiger charge is -2.07. The molecular formula is C12H13BrN4O. The Morgan fingerprint density at radius 3 is 2.67 bits per heavy atom. The van der Waals surface area contributed by atoms with Gasteiger partial charge in [0.2, 0.25) is 0 Å². The lowest BCUT2D eigenvalue weighted by Crippen LogP contribution is -2.14. The maximum absolute atomic E-state index is 12.1. The number of H-pyrrole nitrogens is 1. The van der Waals surface area contributed by atoms with E-state index in [9.17, 15) is 4.79 Å². The lowest BCUT2D eigenvalue weighted by molar-refractivity contribution is 0.102. The van der Waals surface area contributed by atoms with Crippen molar-refractivity contribution >= 4 is 33.3 Å². The quantitative estimate of drug-likeness (QED) is 0.797. The molecule has 1 aromatic heterocycles. The first-order valence-electron chi connectivity index (χ1n) is 5.36. The first-order chi connectivity index (χ1) is 8.47. The molecule has 2 aromatic rings. The molecule has 0 radical (unpaired) electrons. The number of nitrogens with one attached hydrogen (secondary N) is 2. The van der Waals surface area contributed by atoms with Gasteiger partial charge in [-0.1, -0.05) is 15.9 Å². The normalized spacial score (nSPS) is 10.4. The second kappa shape index (κ2) is 4.81. The van der Waals surface area contributed by atoms with Gasteiger partial charge in [0.05, 0.1) is 0 Å². The van der Waals surface area contributed by atoms with Crippen LogP contribution >= 0.6 is 15.9 Å². The minimum absolute atomic E-state index is 0.205. The molecule has 0 saturated heterocycles. The molecule has 0 bridgehead atoms. The summed E-state index contributed by atoms with van der Waals surface area (Å²) in [6.45, 7) is 3.71. The van der Waals surface area contributed by atoms with E-state index in [1.54, 1.807) is 6.92 Å². The summed E-state index contributed by atoms with van der Waals surface area (Å²) in [5.74, 6) is -0.0621. The Labute approximate surface area is 113 Å². The number of aryl methyl sites for hydroxylation is 2. The van der Waals surface area contributed by atoms with E-state index in [0.717, 1.165) is 10.0 Å². The van der Waals surface area contributed by atoms with Crippen LogP contribution in [-0.4, -0.2) is 16.1 Å². The van der Waals surface area contributed by atoms with Crippen LogP contribution in [0.2, 0.25) is 0 Å². The van der Waals surface area contributed by atoms with Crippen LogP contribution in [0.5, 0.6) is 0 Å². The van der Waals surface area contributed by atoms with Crippen molar-refractivity contribution < 1.29 is 4.79 Å². The van der Waals surface area contributed by atoms with Gasteiger partial charge in [0.25, 0.3) is 5.91 Å². The van der Waals surface area contributed by atoms with Crippen LogP contribution in [-0.2, 0) is 0 Å². The molecule has 1 aromatic carbocycles. The standard InChI is InChI=1S/C12H13BrN4O/c1-6-3-8(13)5-9(4-6)15-12(18)10-7(2)16-17-11(10)14/h3-5H,1-2H3,(H,15,18)(H3,14,16,17). The fraction of sp³-hybridized carbons (Fsp3) is 0.167. The number of nitrogens with zero attached hydrogens (tertiary/aromatic N) is 1. The summed E-state index contributed by atoms with van der Waals surface area (Å²) in [4.78, 5) is 12.1. The predicted molar refractivity (Wildman–Crippen MR) is 74.6 cm³/mol. The number of aromatic nitrogens is 2. The first-order valence-corrected chi connectivity index (χ1v) is 6.15. The number of hydrogen-bond donors (Lipinski definition) is 3. The second-order valence-corrected chi connectivity index (χ2v) is 5.00. The van der Waals surface area contributed by atoms with E-state index in [0.29, 0.717) is 16.9 Å². The summed E-state index contributed by atoms with van der Waals surface area (Å²) in [6.07, 6.45) is 0. The van der Waals surface area contributed by atoms with Crippen molar-refractivity contribution in [1.82, 2.24) is 10.2 Å². The monoisotopic (exact) mass is 308 g/mol. The number of rotatable bonds is 2. The Morgan fingerprint density at radius 2 is 2.11 bits per heavy atom. The predicted octanol–water partition coefficient (Wildman–Crippen LogP) is 2.62. The van der Waals surface area contributed by atoms with Crippen LogP contribution in [0.15, 0.2) is 22.7 Å². The van der Waals surface area contributed by atoms with Crippen LogP contribution in [0, 0.1) is 13.8 Å². The number of nitrogen functional groups attached to an aromatic ring is 1. The van der Waals surface area contributed by atoms with Gasteiger partial charge in [-0.25, -0.2) is 0 Å². The molecule has 4 N–H and O–H groups in total. The number of anilines is 2. The summed E-state index contributed by atoms with van der Waals surface area (Å²) < 4.78 is 0.912. The van der Waals surface area contributed by atoms with Crippen LogP contribution in [0.4, 0.5) is 11.5 Å². The molecule has 5 nitrogen and oxygen atoms in total. The molecule has 0 aliphatic heterocycles. The molecule has 1 heterocycles. The van der Waals surface area contributed by atoms with E-state index in [4.69, 9.17) is 5.73 Å². The van der Waals surface area contributed by atoms with E-state index in [-0.39, 0.29) is 11.7 Å². The lowest BCUT2D eigenvalue weighted by atomic mass is 10.2. The average molecular weight is 309 g/mol. The van der Waals surface area contributed by atoms with Gasteiger partial charge in [-0.15, -0.1) is 0 Å². The highest BCUT2D eigenvalue weighted by Gasteiger charge is 2.16. The largest absolute Gasteiger partial charge is 0.382 e. The molecule has 0 unspecified atom stereocenters. The second-order valence-electron chi connectivity index (χ2n) is 4.08. The maximum Gasteiger partial charge on any atom is 0.261 e. The molecule has 6 heteroatoms. The Kier molecular flexibility index (Phi) is 3.38. The van der Waals surface area contributed by atoms with E-state index >= 15 is 0 Å². The minimum atomic E-state index is -0.267. The van der Waals surface area contributed by atoms with Crippen molar-refractivity contribution in [3.05, 3.63) is 39.5 Å². The van der Waals surface area contributed by atoms with Gasteiger partial charge < -0.3 is 11.1 Å². The molecule has 0 spiro atoms. The summed E-state index contributed by atoms with van der Waals surface area (Å²) >= 11 is 3.39. The molecular weight excluding hydrogens is 296 g/mol. The number of aromatic amines is 1. The van der Waals surface area contributed by atoms with Gasteiger partial charge in [0.15, 0.2) is 5.82 Å². The number of benzene rings is 1. The Balaban J connectivity index is 2.27. The van der Waals surface area contributed by atoms with Crippen molar-refractivity contribution in [2.75, 3.05) is 11.1 Å². The third-order valence-electron chi connectivity index (χ3n) is 2.50. The van der Waals surface area contributed by atoms with E-state index in [2.05, 4.69) is 31.4 Å². The van der Waals surface area contributed by atoms with Gasteiger partial charge in [-0.2, -0.15) is 5.10 Å². The highest BCUT2D eigenvalue weighted by molar-refractivity contribution is 9.10. The van der Waals surface area contributed by atoms with Crippen LogP contribution in [0.3, 0.4) is 0 Å². The Bertz CT molecular complexity index is 566. The van der Waals surface area contributed by atoms with E-state index < -0.39 is 0 Å². The van der Waals surface area contributed by atoms with Gasteiger partial charge in [0.1, 0.15) is 5.56 Å². The van der Waals surface area contributed by atoms with Gasteiger partial charge in [-0.3, -0.25) is 9.89 Å². The number of halogens is 1.